The Labute approximate surface area is 120 Å². The Morgan fingerprint density at radius 3 is 2.75 bits per heavy atom. The molecule has 4 N–H and O–H groups in total. The first kappa shape index (κ1) is 16.5. The molecule has 1 unspecified atom stereocenters. The second-order valence-electron chi connectivity index (χ2n) is 4.15. The summed E-state index contributed by atoms with van der Waals surface area (Å²) in [6.07, 6.45) is 0.306. The lowest BCUT2D eigenvalue weighted by Gasteiger charge is -2.07. The molecule has 0 bridgehead atoms. The molecule has 0 aliphatic heterocycles. The van der Waals surface area contributed by atoms with Crippen molar-refractivity contribution in [3.05, 3.63) is 35.6 Å². The number of rotatable bonds is 8. The zero-order chi connectivity index (χ0) is 15.0. The molecule has 0 saturated carbocycles. The summed E-state index contributed by atoms with van der Waals surface area (Å²) in [6.45, 7) is 0.140. The fourth-order valence-electron chi connectivity index (χ4n) is 1.39. The molecule has 1 aromatic carbocycles. The first-order valence-electron chi connectivity index (χ1n) is 6.07. The molecule has 0 fully saturated rings. The number of carboxylic acid groups (broad SMARTS) is 1. The van der Waals surface area contributed by atoms with Crippen LogP contribution in [0.5, 0.6) is 0 Å². The minimum Gasteiger partial charge on any atom is -0.480 e. The van der Waals surface area contributed by atoms with E-state index in [1.54, 1.807) is 18.2 Å². The molecule has 1 amide bonds. The van der Waals surface area contributed by atoms with E-state index in [9.17, 15) is 14.0 Å². The lowest BCUT2D eigenvalue weighted by molar-refractivity contribution is -0.138. The molecule has 1 rings (SSSR count). The Morgan fingerprint density at radius 1 is 1.40 bits per heavy atom. The summed E-state index contributed by atoms with van der Waals surface area (Å²) in [5.41, 5.74) is 5.76. The van der Waals surface area contributed by atoms with Gasteiger partial charge in [0.2, 0.25) is 5.91 Å². The largest absolute Gasteiger partial charge is 0.480 e. The third-order valence-electron chi connectivity index (χ3n) is 2.56. The number of carbonyl (C=O) groups excluding carboxylic acids is 1. The summed E-state index contributed by atoms with van der Waals surface area (Å²) in [7, 11) is 0. The van der Waals surface area contributed by atoms with Crippen molar-refractivity contribution in [3.63, 3.8) is 0 Å². The van der Waals surface area contributed by atoms with Crippen molar-refractivity contribution in [2.24, 2.45) is 5.73 Å². The van der Waals surface area contributed by atoms with Crippen molar-refractivity contribution in [1.29, 1.82) is 0 Å². The number of hydrogen-bond acceptors (Lipinski definition) is 4. The summed E-state index contributed by atoms with van der Waals surface area (Å²) in [5.74, 6) is -0.939. The van der Waals surface area contributed by atoms with Crippen LogP contribution >= 0.6 is 11.8 Å². The maximum absolute atomic E-state index is 13.3. The van der Waals surface area contributed by atoms with Crippen LogP contribution in [0.15, 0.2) is 24.3 Å². The minimum absolute atomic E-state index is 0.140. The fraction of sp³-hybridized carbons (Fsp3) is 0.385. The van der Waals surface area contributed by atoms with E-state index < -0.39 is 12.0 Å². The van der Waals surface area contributed by atoms with Crippen LogP contribution in [-0.4, -0.2) is 34.5 Å². The van der Waals surface area contributed by atoms with Crippen LogP contribution in [-0.2, 0) is 16.1 Å². The van der Waals surface area contributed by atoms with Gasteiger partial charge in [0.15, 0.2) is 0 Å². The molecule has 0 saturated heterocycles. The zero-order valence-electron chi connectivity index (χ0n) is 10.8. The topological polar surface area (TPSA) is 92.4 Å². The molecule has 0 radical (unpaired) electrons. The van der Waals surface area contributed by atoms with E-state index in [-0.39, 0.29) is 24.0 Å². The quantitative estimate of drug-likeness (QED) is 0.622. The fourth-order valence-corrected chi connectivity index (χ4v) is 2.24. The van der Waals surface area contributed by atoms with Crippen molar-refractivity contribution < 1.29 is 19.1 Å². The maximum Gasteiger partial charge on any atom is 0.320 e. The van der Waals surface area contributed by atoms with Gasteiger partial charge in [0.1, 0.15) is 11.9 Å². The summed E-state index contributed by atoms with van der Waals surface area (Å²) >= 11 is 1.30. The van der Waals surface area contributed by atoms with Gasteiger partial charge in [0.05, 0.1) is 5.75 Å². The normalized spacial score (nSPS) is 11.9. The number of aliphatic carboxylic acids is 1. The monoisotopic (exact) mass is 300 g/mol. The number of carboxylic acids is 1. The number of amides is 1. The average molecular weight is 300 g/mol. The number of nitrogens with one attached hydrogen (secondary N) is 1. The number of nitrogens with two attached hydrogens (primary N) is 1. The predicted octanol–water partition coefficient (Wildman–Crippen LogP) is 0.977. The molecule has 20 heavy (non-hydrogen) atoms. The zero-order valence-corrected chi connectivity index (χ0v) is 11.7. The van der Waals surface area contributed by atoms with Crippen LogP contribution in [0.1, 0.15) is 12.0 Å². The highest BCUT2D eigenvalue weighted by atomic mass is 32.2. The van der Waals surface area contributed by atoms with E-state index in [1.807, 2.05) is 0 Å². The van der Waals surface area contributed by atoms with E-state index in [0.29, 0.717) is 17.7 Å². The Balaban J connectivity index is 2.18. The highest BCUT2D eigenvalue weighted by molar-refractivity contribution is 7.99. The smallest absolute Gasteiger partial charge is 0.320 e. The second kappa shape index (κ2) is 8.55. The van der Waals surface area contributed by atoms with Gasteiger partial charge in [0.25, 0.3) is 0 Å². The summed E-state index contributed by atoms with van der Waals surface area (Å²) < 4.78 is 13.3. The Morgan fingerprint density at radius 2 is 2.10 bits per heavy atom. The van der Waals surface area contributed by atoms with Gasteiger partial charge in [-0.25, -0.2) is 4.39 Å². The maximum atomic E-state index is 13.3. The van der Waals surface area contributed by atoms with Gasteiger partial charge in [-0.1, -0.05) is 18.2 Å². The van der Waals surface area contributed by atoms with Crippen LogP contribution in [0, 0.1) is 5.82 Å². The Bertz CT molecular complexity index is 471. The lowest BCUT2D eigenvalue weighted by atomic mass is 10.2. The number of halogens is 1. The van der Waals surface area contributed by atoms with Crippen LogP contribution < -0.4 is 11.1 Å². The van der Waals surface area contributed by atoms with Gasteiger partial charge in [-0.3, -0.25) is 9.59 Å². The van der Waals surface area contributed by atoms with Crippen molar-refractivity contribution in [3.8, 4) is 0 Å². The molecule has 1 aromatic rings. The second-order valence-corrected chi connectivity index (χ2v) is 5.26. The lowest BCUT2D eigenvalue weighted by Crippen LogP contribution is -2.31. The number of thioether (sulfide) groups is 1. The molecule has 0 aliphatic rings. The van der Waals surface area contributed by atoms with Crippen LogP contribution in [0.2, 0.25) is 0 Å². The highest BCUT2D eigenvalue weighted by Gasteiger charge is 2.11. The molecule has 5 nitrogen and oxygen atoms in total. The van der Waals surface area contributed by atoms with Crippen molar-refractivity contribution in [1.82, 2.24) is 5.32 Å². The summed E-state index contributed by atoms with van der Waals surface area (Å²) in [5, 5.41) is 11.2. The molecular weight excluding hydrogens is 283 g/mol. The molecule has 110 valence electrons. The standard InChI is InChI=1S/C13H17FN2O3S/c14-10-4-2-1-3-9(10)7-16-12(17)8-20-6-5-11(15)13(18)19/h1-4,11H,5-8,15H2,(H,16,17)(H,18,19). The van der Waals surface area contributed by atoms with E-state index >= 15 is 0 Å². The predicted molar refractivity (Wildman–Crippen MR) is 75.8 cm³/mol. The van der Waals surface area contributed by atoms with Gasteiger partial charge in [-0.2, -0.15) is 11.8 Å². The first-order valence-corrected chi connectivity index (χ1v) is 7.22. The van der Waals surface area contributed by atoms with Gasteiger partial charge in [-0.05, 0) is 18.2 Å². The van der Waals surface area contributed by atoms with Crippen molar-refractivity contribution >= 4 is 23.6 Å². The molecule has 0 spiro atoms. The van der Waals surface area contributed by atoms with Crippen LogP contribution in [0.4, 0.5) is 4.39 Å². The van der Waals surface area contributed by atoms with Crippen LogP contribution in [0.25, 0.3) is 0 Å². The third-order valence-corrected chi connectivity index (χ3v) is 3.55. The average Bonchev–Trinajstić information content (AvgIpc) is 2.42. The minimum atomic E-state index is -1.05. The number of carbonyl (C=O) groups is 2. The van der Waals surface area contributed by atoms with Gasteiger partial charge in [0, 0.05) is 12.1 Å². The van der Waals surface area contributed by atoms with E-state index in [4.69, 9.17) is 10.8 Å². The van der Waals surface area contributed by atoms with E-state index in [0.717, 1.165) is 0 Å². The van der Waals surface area contributed by atoms with Crippen molar-refractivity contribution in [2.75, 3.05) is 11.5 Å². The van der Waals surface area contributed by atoms with Gasteiger partial charge < -0.3 is 16.2 Å². The van der Waals surface area contributed by atoms with Crippen LogP contribution in [0.3, 0.4) is 0 Å². The Kier molecular flexibility index (Phi) is 7.03. The molecule has 1 atom stereocenters. The summed E-state index contributed by atoms with van der Waals surface area (Å²) in [4.78, 5) is 22.0. The SMILES string of the molecule is NC(CCSCC(=O)NCc1ccccc1F)C(=O)O. The number of benzene rings is 1. The molecular formula is C13H17FN2O3S. The number of hydrogen-bond donors (Lipinski definition) is 3. The summed E-state index contributed by atoms with van der Waals surface area (Å²) in [6, 6.07) is 5.33. The first-order chi connectivity index (χ1) is 9.50. The molecule has 0 heterocycles. The molecule has 7 heteroatoms. The van der Waals surface area contributed by atoms with Gasteiger partial charge in [-0.15, -0.1) is 0 Å². The third kappa shape index (κ3) is 6.03. The Hall–Kier alpha value is -1.60. The molecule has 0 aliphatic carbocycles. The highest BCUT2D eigenvalue weighted by Crippen LogP contribution is 2.07. The van der Waals surface area contributed by atoms with E-state index in [2.05, 4.69) is 5.32 Å². The van der Waals surface area contributed by atoms with Gasteiger partial charge >= 0.3 is 5.97 Å². The van der Waals surface area contributed by atoms with E-state index in [1.165, 1.54) is 17.8 Å². The van der Waals surface area contributed by atoms with Crippen molar-refractivity contribution in [2.45, 2.75) is 19.0 Å². The molecule has 0 aromatic heterocycles.